The molecule has 0 aromatic heterocycles. The van der Waals surface area contributed by atoms with Gasteiger partial charge in [0.05, 0.1) is 6.61 Å². The van der Waals surface area contributed by atoms with Crippen LogP contribution in [0.4, 0.5) is 20.1 Å². The number of fused-ring (bicyclic) bond motifs is 3. The lowest BCUT2D eigenvalue weighted by Crippen LogP contribution is -2.54. The zero-order valence-corrected chi connectivity index (χ0v) is 29.8. The molecule has 0 fully saturated rings. The number of ether oxygens (including phenoxy) is 2. The van der Waals surface area contributed by atoms with Crippen LogP contribution in [0.2, 0.25) is 0 Å². The third kappa shape index (κ3) is 11.5. The maximum absolute atomic E-state index is 13.6. The van der Waals surface area contributed by atoms with Crippen molar-refractivity contribution >= 4 is 35.7 Å². The second-order valence-electron chi connectivity index (χ2n) is 12.8. The Hall–Kier alpha value is -5.63. The third-order valence-corrected chi connectivity index (χ3v) is 8.66. The Labute approximate surface area is 304 Å². The van der Waals surface area contributed by atoms with Crippen molar-refractivity contribution in [3.8, 4) is 11.1 Å². The molecular weight excluding hydrogens is 666 g/mol. The molecule has 0 bridgehead atoms. The largest absolute Gasteiger partial charge is 0.449 e. The van der Waals surface area contributed by atoms with Crippen molar-refractivity contribution in [2.24, 2.45) is 11.7 Å². The molecule has 0 heterocycles. The van der Waals surface area contributed by atoms with Crippen molar-refractivity contribution < 1.29 is 33.4 Å². The molecule has 0 spiro atoms. The number of benzene rings is 3. The molecular formula is C38H49N7O7. The van der Waals surface area contributed by atoms with Crippen molar-refractivity contribution in [1.82, 2.24) is 26.6 Å². The van der Waals surface area contributed by atoms with Gasteiger partial charge in [0.1, 0.15) is 18.7 Å². The van der Waals surface area contributed by atoms with Gasteiger partial charge in [-0.15, -0.1) is 0 Å². The second kappa shape index (κ2) is 19.7. The normalized spacial score (nSPS) is 12.8. The maximum atomic E-state index is 13.6. The number of primary amides is 1. The van der Waals surface area contributed by atoms with Gasteiger partial charge in [-0.3, -0.25) is 9.59 Å². The smallest absolute Gasteiger partial charge is 0.407 e. The molecule has 52 heavy (non-hydrogen) atoms. The number of nitrogens with one attached hydrogen (secondary N) is 6. The van der Waals surface area contributed by atoms with Crippen molar-refractivity contribution in [1.29, 1.82) is 0 Å². The van der Waals surface area contributed by atoms with Gasteiger partial charge < -0.3 is 47.1 Å². The van der Waals surface area contributed by atoms with Crippen LogP contribution in [0.25, 0.3) is 11.1 Å². The average Bonchev–Trinajstić information content (AvgIpc) is 3.45. The molecule has 0 saturated heterocycles. The van der Waals surface area contributed by atoms with Crippen LogP contribution in [0, 0.1) is 5.92 Å². The lowest BCUT2D eigenvalue weighted by molar-refractivity contribution is -0.128. The minimum Gasteiger partial charge on any atom is -0.449 e. The van der Waals surface area contributed by atoms with E-state index in [1.807, 2.05) is 48.5 Å². The summed E-state index contributed by atoms with van der Waals surface area (Å²) >= 11 is 0. The number of nitrogens with two attached hydrogens (primary N) is 1. The van der Waals surface area contributed by atoms with E-state index in [0.29, 0.717) is 31.6 Å². The fourth-order valence-corrected chi connectivity index (χ4v) is 5.94. The van der Waals surface area contributed by atoms with E-state index in [9.17, 15) is 24.0 Å². The monoisotopic (exact) mass is 715 g/mol. The van der Waals surface area contributed by atoms with Crippen molar-refractivity contribution in [2.75, 3.05) is 45.2 Å². The van der Waals surface area contributed by atoms with E-state index >= 15 is 0 Å². The highest BCUT2D eigenvalue weighted by Gasteiger charge is 2.32. The number of alkyl carbamates (subject to hydrolysis) is 2. The standard InChI is InChI=1S/C38H49N7O7/c1-24(2)33(45-38(50)52-23-31-29-11-6-4-9-27(29)28-10-5-7-12-30(28)31)35(47)44-32(13-8-19-41-36(39)48)34(46)43-26-16-14-25(15-17-26)18-22-51-37(49)42-21-20-40-3/h4-7,9-12,14-17,24,31-33,40H,8,13,18-23H2,1-3H3,(H,42,49)(H,43,46)(H,44,47)(H,45,50)(H3,39,41,48)/t32-,33-/m0/s1. The average molecular weight is 716 g/mol. The number of hydrogen-bond acceptors (Lipinski definition) is 8. The quantitative estimate of drug-likeness (QED) is 0.0968. The fourth-order valence-electron chi connectivity index (χ4n) is 5.94. The van der Waals surface area contributed by atoms with Gasteiger partial charge in [0.15, 0.2) is 0 Å². The molecule has 3 aromatic carbocycles. The van der Waals surface area contributed by atoms with Crippen LogP contribution in [0.1, 0.15) is 49.3 Å². The molecule has 278 valence electrons. The summed E-state index contributed by atoms with van der Waals surface area (Å²) in [5, 5.41) is 16.3. The van der Waals surface area contributed by atoms with E-state index in [1.165, 1.54) is 0 Å². The first-order valence-electron chi connectivity index (χ1n) is 17.5. The molecule has 0 radical (unpaired) electrons. The van der Waals surface area contributed by atoms with Gasteiger partial charge in [0, 0.05) is 37.7 Å². The number of amides is 6. The predicted molar refractivity (Wildman–Crippen MR) is 198 cm³/mol. The summed E-state index contributed by atoms with van der Waals surface area (Å²) in [5.41, 5.74) is 10.9. The Balaban J connectivity index is 1.34. The van der Waals surface area contributed by atoms with Crippen LogP contribution in [0.5, 0.6) is 0 Å². The van der Waals surface area contributed by atoms with Gasteiger partial charge in [-0.05, 0) is 65.8 Å². The number of urea groups is 1. The topological polar surface area (TPSA) is 202 Å². The van der Waals surface area contributed by atoms with Crippen LogP contribution in [-0.2, 0) is 25.5 Å². The summed E-state index contributed by atoms with van der Waals surface area (Å²) in [6.45, 7) is 5.12. The Kier molecular flexibility index (Phi) is 14.8. The number of hydrogen-bond donors (Lipinski definition) is 7. The Morgan fingerprint density at radius 3 is 2.02 bits per heavy atom. The first kappa shape index (κ1) is 39.2. The van der Waals surface area contributed by atoms with Gasteiger partial charge in [0.25, 0.3) is 0 Å². The number of rotatable bonds is 18. The molecule has 14 heteroatoms. The Morgan fingerprint density at radius 2 is 1.40 bits per heavy atom. The molecule has 0 saturated carbocycles. The number of likely N-dealkylation sites (N-methyl/N-ethyl adjacent to an activating group) is 1. The fraction of sp³-hybridized carbons (Fsp3) is 0.395. The molecule has 1 aliphatic carbocycles. The summed E-state index contributed by atoms with van der Waals surface area (Å²) < 4.78 is 10.9. The highest BCUT2D eigenvalue weighted by molar-refractivity contribution is 5.98. The van der Waals surface area contributed by atoms with Gasteiger partial charge in [0.2, 0.25) is 11.8 Å². The number of anilines is 1. The molecule has 14 nitrogen and oxygen atoms in total. The van der Waals surface area contributed by atoms with E-state index in [4.69, 9.17) is 15.2 Å². The summed E-state index contributed by atoms with van der Waals surface area (Å²) in [5.74, 6) is -1.52. The minimum atomic E-state index is -0.999. The predicted octanol–water partition coefficient (Wildman–Crippen LogP) is 3.61. The molecule has 4 rings (SSSR count). The van der Waals surface area contributed by atoms with Gasteiger partial charge in [-0.25, -0.2) is 14.4 Å². The first-order valence-corrected chi connectivity index (χ1v) is 17.5. The Bertz CT molecular complexity index is 1640. The summed E-state index contributed by atoms with van der Waals surface area (Å²) in [6, 6.07) is 20.3. The van der Waals surface area contributed by atoms with Gasteiger partial charge >= 0.3 is 18.2 Å². The zero-order chi connectivity index (χ0) is 37.5. The van der Waals surface area contributed by atoms with Crippen LogP contribution >= 0.6 is 0 Å². The van der Waals surface area contributed by atoms with Crippen LogP contribution in [-0.4, -0.2) is 82.0 Å². The summed E-state index contributed by atoms with van der Waals surface area (Å²) in [7, 11) is 1.79. The molecule has 1 aliphatic rings. The van der Waals surface area contributed by atoms with E-state index < -0.39 is 42.1 Å². The van der Waals surface area contributed by atoms with Gasteiger partial charge in [-0.2, -0.15) is 0 Å². The molecule has 0 unspecified atom stereocenters. The van der Waals surface area contributed by atoms with Crippen LogP contribution in [0.15, 0.2) is 72.8 Å². The summed E-state index contributed by atoms with van der Waals surface area (Å²) in [6.07, 6.45) is -0.241. The molecule has 8 N–H and O–H groups in total. The van der Waals surface area contributed by atoms with Crippen molar-refractivity contribution in [2.45, 2.75) is 51.1 Å². The lowest BCUT2D eigenvalue weighted by Gasteiger charge is -2.25. The van der Waals surface area contributed by atoms with E-state index in [1.54, 1.807) is 45.2 Å². The summed E-state index contributed by atoms with van der Waals surface area (Å²) in [4.78, 5) is 63.1. The number of carbonyl (C=O) groups is 5. The highest BCUT2D eigenvalue weighted by atomic mass is 16.6. The van der Waals surface area contributed by atoms with E-state index in [0.717, 1.165) is 27.8 Å². The maximum Gasteiger partial charge on any atom is 0.407 e. The minimum absolute atomic E-state index is 0.0856. The van der Waals surface area contributed by atoms with Crippen molar-refractivity contribution in [3.05, 3.63) is 89.5 Å². The Morgan fingerprint density at radius 1 is 0.750 bits per heavy atom. The van der Waals surface area contributed by atoms with E-state index in [-0.39, 0.29) is 38.0 Å². The molecule has 2 atom stereocenters. The second-order valence-corrected chi connectivity index (χ2v) is 12.8. The zero-order valence-electron chi connectivity index (χ0n) is 29.8. The lowest BCUT2D eigenvalue weighted by atomic mass is 9.98. The third-order valence-electron chi connectivity index (χ3n) is 8.66. The van der Waals surface area contributed by atoms with Crippen LogP contribution < -0.4 is 37.6 Å². The van der Waals surface area contributed by atoms with Crippen LogP contribution in [0.3, 0.4) is 0 Å². The molecule has 0 aliphatic heterocycles. The number of carbonyl (C=O) groups excluding carboxylic acids is 5. The highest BCUT2D eigenvalue weighted by Crippen LogP contribution is 2.44. The first-order chi connectivity index (χ1) is 25.1. The van der Waals surface area contributed by atoms with Crippen molar-refractivity contribution in [3.63, 3.8) is 0 Å². The molecule has 6 amide bonds. The SMILES string of the molecule is CNCCNC(=O)OCCc1ccc(NC(=O)[C@H](CCCNC(N)=O)NC(=O)[C@@H](NC(=O)OCC2c3ccccc3-c3ccccc32)C(C)C)cc1. The van der Waals surface area contributed by atoms with Gasteiger partial charge in [-0.1, -0.05) is 74.5 Å². The van der Waals surface area contributed by atoms with E-state index in [2.05, 4.69) is 31.9 Å². The molecule has 3 aromatic rings.